The van der Waals surface area contributed by atoms with Crippen LogP contribution in [0.3, 0.4) is 0 Å². The number of carbonyl (C=O) groups is 3. The van der Waals surface area contributed by atoms with Crippen molar-refractivity contribution >= 4 is 29.3 Å². The highest BCUT2D eigenvalue weighted by molar-refractivity contribution is 6.30. The number of halogens is 2. The van der Waals surface area contributed by atoms with Crippen LogP contribution < -0.4 is 5.32 Å². The molecule has 1 saturated heterocycles. The van der Waals surface area contributed by atoms with Gasteiger partial charge in [-0.3, -0.25) is 29.6 Å². The maximum Gasteiger partial charge on any atom is 0.255 e. The van der Waals surface area contributed by atoms with Crippen LogP contribution in [0.4, 0.5) is 4.39 Å². The minimum absolute atomic E-state index is 0.191. The maximum absolute atomic E-state index is 15.7. The molecule has 3 amide bonds. The standard InChI is InChI=1S/C27H23ClFN5O3/c28-25-19-7-10-33(12-16(19)5-9-31-25)13-17-6-8-30-24(23(17)29)15-1-2-20-18(11-15)14-34(27(20)37)21-3-4-22(35)32-26(21)36/h1-2,5-6,8-9,11,21H,3-4,7,10,12-14H2,(H,32,35,36). The number of piperidine rings is 1. The van der Waals surface area contributed by atoms with Gasteiger partial charge in [0.05, 0.1) is 0 Å². The molecule has 0 radical (unpaired) electrons. The van der Waals surface area contributed by atoms with Crippen LogP contribution in [-0.2, 0) is 35.6 Å². The molecular weight excluding hydrogens is 497 g/mol. The highest BCUT2D eigenvalue weighted by Crippen LogP contribution is 2.32. The van der Waals surface area contributed by atoms with E-state index in [-0.39, 0.29) is 30.5 Å². The van der Waals surface area contributed by atoms with E-state index in [1.54, 1.807) is 36.7 Å². The van der Waals surface area contributed by atoms with E-state index >= 15 is 4.39 Å². The smallest absolute Gasteiger partial charge is 0.255 e. The molecule has 0 aliphatic carbocycles. The Morgan fingerprint density at radius 1 is 1.03 bits per heavy atom. The Labute approximate surface area is 217 Å². The Kier molecular flexibility index (Phi) is 5.97. The summed E-state index contributed by atoms with van der Waals surface area (Å²) in [6, 6.07) is 8.05. The van der Waals surface area contributed by atoms with Crippen molar-refractivity contribution in [2.24, 2.45) is 0 Å². The van der Waals surface area contributed by atoms with Crippen molar-refractivity contribution in [3.05, 3.63) is 81.5 Å². The lowest BCUT2D eigenvalue weighted by Gasteiger charge is -2.29. The Morgan fingerprint density at radius 2 is 1.86 bits per heavy atom. The molecule has 3 aliphatic heterocycles. The molecule has 1 fully saturated rings. The Morgan fingerprint density at radius 3 is 2.70 bits per heavy atom. The molecule has 1 atom stereocenters. The first kappa shape index (κ1) is 23.7. The Bertz CT molecular complexity index is 1460. The summed E-state index contributed by atoms with van der Waals surface area (Å²) in [5.74, 6) is -1.45. The molecule has 6 rings (SSSR count). The third-order valence-electron chi connectivity index (χ3n) is 7.33. The maximum atomic E-state index is 15.7. The van der Waals surface area contributed by atoms with Gasteiger partial charge in [0.1, 0.15) is 16.9 Å². The molecule has 188 valence electrons. The fourth-order valence-corrected chi connectivity index (χ4v) is 5.68. The second kappa shape index (κ2) is 9.32. The molecule has 1 N–H and O–H groups in total. The SMILES string of the molecule is O=C1CCC(N2Cc3cc(-c4nccc(CN5CCc6c(ccnc6Cl)C5)c4F)ccc3C2=O)C(=O)N1. The molecule has 1 unspecified atom stereocenters. The fourth-order valence-electron chi connectivity index (χ4n) is 5.41. The average Bonchev–Trinajstić information content (AvgIpc) is 3.21. The average molecular weight is 520 g/mol. The largest absolute Gasteiger partial charge is 0.322 e. The summed E-state index contributed by atoms with van der Waals surface area (Å²) >= 11 is 6.22. The van der Waals surface area contributed by atoms with E-state index in [4.69, 9.17) is 11.6 Å². The molecular formula is C27H23ClFN5O3. The molecule has 10 heteroatoms. The number of amides is 3. The number of pyridine rings is 2. The summed E-state index contributed by atoms with van der Waals surface area (Å²) in [6.07, 6.45) is 4.52. The Hall–Kier alpha value is -3.69. The minimum Gasteiger partial charge on any atom is -0.322 e. The fraction of sp³-hybridized carbons (Fsp3) is 0.296. The third kappa shape index (κ3) is 4.28. The Balaban J connectivity index is 1.22. The van der Waals surface area contributed by atoms with E-state index in [1.807, 2.05) is 6.07 Å². The van der Waals surface area contributed by atoms with Crippen molar-refractivity contribution < 1.29 is 18.8 Å². The highest BCUT2D eigenvalue weighted by atomic mass is 35.5. The number of nitrogens with zero attached hydrogens (tertiary/aromatic N) is 4. The number of rotatable bonds is 4. The van der Waals surface area contributed by atoms with Crippen LogP contribution in [-0.4, -0.2) is 50.1 Å². The molecule has 8 nitrogen and oxygen atoms in total. The van der Waals surface area contributed by atoms with Crippen LogP contribution >= 0.6 is 11.6 Å². The normalized spacial score (nSPS) is 19.6. The number of hydrogen-bond acceptors (Lipinski definition) is 6. The van der Waals surface area contributed by atoms with Crippen LogP contribution in [0, 0.1) is 5.82 Å². The van der Waals surface area contributed by atoms with Crippen LogP contribution in [0.2, 0.25) is 5.15 Å². The molecule has 3 aliphatic rings. The van der Waals surface area contributed by atoms with Gasteiger partial charge < -0.3 is 4.90 Å². The van der Waals surface area contributed by atoms with Gasteiger partial charge in [-0.25, -0.2) is 9.37 Å². The number of benzene rings is 1. The first-order valence-corrected chi connectivity index (χ1v) is 12.5. The van der Waals surface area contributed by atoms with E-state index in [0.29, 0.717) is 46.9 Å². The topological polar surface area (TPSA) is 95.5 Å². The van der Waals surface area contributed by atoms with E-state index in [2.05, 4.69) is 20.2 Å². The summed E-state index contributed by atoms with van der Waals surface area (Å²) in [5, 5.41) is 2.83. The van der Waals surface area contributed by atoms with Crippen molar-refractivity contribution in [2.45, 2.75) is 44.9 Å². The molecule has 0 spiro atoms. The molecule has 2 aromatic heterocycles. The van der Waals surface area contributed by atoms with E-state index in [9.17, 15) is 14.4 Å². The van der Waals surface area contributed by atoms with Crippen LogP contribution in [0.5, 0.6) is 0 Å². The lowest BCUT2D eigenvalue weighted by molar-refractivity contribution is -0.136. The van der Waals surface area contributed by atoms with E-state index in [0.717, 1.165) is 24.1 Å². The van der Waals surface area contributed by atoms with Crippen LogP contribution in [0.25, 0.3) is 11.3 Å². The monoisotopic (exact) mass is 519 g/mol. The quantitative estimate of drug-likeness (QED) is 0.420. The first-order chi connectivity index (χ1) is 17.9. The highest BCUT2D eigenvalue weighted by Gasteiger charge is 2.39. The lowest BCUT2D eigenvalue weighted by atomic mass is 10.0. The number of imide groups is 1. The zero-order valence-corrected chi connectivity index (χ0v) is 20.6. The van der Waals surface area contributed by atoms with Crippen molar-refractivity contribution in [2.75, 3.05) is 6.54 Å². The van der Waals surface area contributed by atoms with Gasteiger partial charge >= 0.3 is 0 Å². The van der Waals surface area contributed by atoms with Crippen molar-refractivity contribution in [1.82, 2.24) is 25.1 Å². The van der Waals surface area contributed by atoms with Gasteiger partial charge in [-0.2, -0.15) is 0 Å². The van der Waals surface area contributed by atoms with Crippen LogP contribution in [0.1, 0.15) is 45.5 Å². The van der Waals surface area contributed by atoms with Gasteiger partial charge in [-0.1, -0.05) is 17.7 Å². The van der Waals surface area contributed by atoms with Gasteiger partial charge in [0.15, 0.2) is 5.82 Å². The third-order valence-corrected chi connectivity index (χ3v) is 7.66. The summed E-state index contributed by atoms with van der Waals surface area (Å²) in [4.78, 5) is 48.9. The van der Waals surface area contributed by atoms with Crippen molar-refractivity contribution in [1.29, 1.82) is 0 Å². The molecule has 0 saturated carbocycles. The summed E-state index contributed by atoms with van der Waals surface area (Å²) in [7, 11) is 0. The zero-order valence-electron chi connectivity index (χ0n) is 19.8. The molecule has 1 aromatic carbocycles. The van der Waals surface area contributed by atoms with Gasteiger partial charge in [-0.05, 0) is 53.8 Å². The lowest BCUT2D eigenvalue weighted by Crippen LogP contribution is -2.52. The van der Waals surface area contributed by atoms with Gasteiger partial charge in [0.25, 0.3) is 5.91 Å². The molecule has 5 heterocycles. The summed E-state index contributed by atoms with van der Waals surface area (Å²) in [5.41, 5.74) is 4.66. The number of hydrogen-bond donors (Lipinski definition) is 1. The molecule has 3 aromatic rings. The van der Waals surface area contributed by atoms with Gasteiger partial charge in [-0.15, -0.1) is 0 Å². The summed E-state index contributed by atoms with van der Waals surface area (Å²) < 4.78 is 15.7. The number of aromatic nitrogens is 2. The predicted octanol–water partition coefficient (Wildman–Crippen LogP) is 3.26. The number of nitrogens with one attached hydrogen (secondary N) is 1. The second-order valence-corrected chi connectivity index (χ2v) is 9.96. The number of carbonyl (C=O) groups excluding carboxylic acids is 3. The molecule has 0 bridgehead atoms. The van der Waals surface area contributed by atoms with Crippen molar-refractivity contribution in [3.63, 3.8) is 0 Å². The predicted molar refractivity (Wildman–Crippen MR) is 133 cm³/mol. The van der Waals surface area contributed by atoms with Gasteiger partial charge in [0.2, 0.25) is 11.8 Å². The first-order valence-electron chi connectivity index (χ1n) is 12.1. The summed E-state index contributed by atoms with van der Waals surface area (Å²) in [6.45, 7) is 2.05. The zero-order chi connectivity index (χ0) is 25.7. The number of fused-ring (bicyclic) bond motifs is 2. The minimum atomic E-state index is -0.695. The second-order valence-electron chi connectivity index (χ2n) is 9.60. The van der Waals surface area contributed by atoms with Crippen molar-refractivity contribution in [3.8, 4) is 11.3 Å². The molecule has 37 heavy (non-hydrogen) atoms. The van der Waals surface area contributed by atoms with E-state index < -0.39 is 17.8 Å². The van der Waals surface area contributed by atoms with Gasteiger partial charge in [0, 0.05) is 61.7 Å². The van der Waals surface area contributed by atoms with E-state index in [1.165, 1.54) is 4.90 Å². The van der Waals surface area contributed by atoms with Crippen LogP contribution in [0.15, 0.2) is 42.7 Å².